The van der Waals surface area contributed by atoms with Crippen LogP contribution in [0.4, 0.5) is 0 Å². The lowest BCUT2D eigenvalue weighted by molar-refractivity contribution is 0.422. The average Bonchev–Trinajstić information content (AvgIpc) is 2.94. The van der Waals surface area contributed by atoms with Crippen LogP contribution in [0.15, 0.2) is 40.6 Å². The first kappa shape index (κ1) is 17.5. The van der Waals surface area contributed by atoms with Crippen LogP contribution in [0.25, 0.3) is 0 Å². The number of sulfonamides is 1. The van der Waals surface area contributed by atoms with Gasteiger partial charge in [-0.3, -0.25) is 0 Å². The molecule has 2 atom stereocenters. The van der Waals surface area contributed by atoms with Crippen molar-refractivity contribution in [3.05, 3.63) is 35.6 Å². The predicted molar refractivity (Wildman–Crippen MR) is 93.8 cm³/mol. The van der Waals surface area contributed by atoms with E-state index in [9.17, 15) is 8.42 Å². The van der Waals surface area contributed by atoms with Gasteiger partial charge in [0.1, 0.15) is 6.33 Å². The van der Waals surface area contributed by atoms with E-state index in [1.165, 1.54) is 34.9 Å². The SMILES string of the molecule is Nn1cnnc1S[C@H]1CCCC[C@@H]1NS(=O)(=O)c1ccc(Cl)cc1. The maximum Gasteiger partial charge on any atom is 0.240 e. The molecule has 0 unspecified atom stereocenters. The zero-order valence-corrected chi connectivity index (χ0v) is 15.2. The van der Waals surface area contributed by atoms with Gasteiger partial charge in [-0.2, -0.15) is 0 Å². The number of nitrogen functional groups attached to an aromatic ring is 1. The van der Waals surface area contributed by atoms with E-state index in [2.05, 4.69) is 14.9 Å². The molecule has 7 nitrogen and oxygen atoms in total. The lowest BCUT2D eigenvalue weighted by Crippen LogP contribution is -2.43. The molecule has 0 radical (unpaired) electrons. The van der Waals surface area contributed by atoms with E-state index in [1.807, 2.05) is 0 Å². The van der Waals surface area contributed by atoms with Crippen molar-refractivity contribution in [2.45, 2.75) is 47.0 Å². The maximum absolute atomic E-state index is 12.6. The van der Waals surface area contributed by atoms with Crippen molar-refractivity contribution < 1.29 is 8.42 Å². The first-order valence-electron chi connectivity index (χ1n) is 7.55. The summed E-state index contributed by atoms with van der Waals surface area (Å²) in [5.74, 6) is 5.76. The van der Waals surface area contributed by atoms with Crippen LogP contribution in [0.5, 0.6) is 0 Å². The van der Waals surface area contributed by atoms with Crippen molar-refractivity contribution in [2.75, 3.05) is 5.84 Å². The van der Waals surface area contributed by atoms with Crippen LogP contribution in [-0.4, -0.2) is 34.6 Å². The number of thioether (sulfide) groups is 1. The molecule has 0 saturated heterocycles. The van der Waals surface area contributed by atoms with Crippen LogP contribution in [0, 0.1) is 0 Å². The van der Waals surface area contributed by atoms with Crippen molar-refractivity contribution in [1.29, 1.82) is 0 Å². The van der Waals surface area contributed by atoms with Gasteiger partial charge in [-0.15, -0.1) is 10.2 Å². The van der Waals surface area contributed by atoms with Gasteiger partial charge in [-0.1, -0.05) is 36.2 Å². The van der Waals surface area contributed by atoms with Gasteiger partial charge >= 0.3 is 0 Å². The average molecular weight is 388 g/mol. The second kappa shape index (κ2) is 7.30. The monoisotopic (exact) mass is 387 g/mol. The van der Waals surface area contributed by atoms with Gasteiger partial charge in [0.15, 0.2) is 0 Å². The van der Waals surface area contributed by atoms with E-state index in [-0.39, 0.29) is 16.2 Å². The van der Waals surface area contributed by atoms with Gasteiger partial charge in [0.05, 0.1) is 4.90 Å². The highest BCUT2D eigenvalue weighted by Crippen LogP contribution is 2.33. The van der Waals surface area contributed by atoms with Gasteiger partial charge < -0.3 is 5.84 Å². The lowest BCUT2D eigenvalue weighted by atomic mass is 9.96. The van der Waals surface area contributed by atoms with E-state index in [0.717, 1.165) is 25.7 Å². The fourth-order valence-electron chi connectivity index (χ4n) is 2.71. The summed E-state index contributed by atoms with van der Waals surface area (Å²) in [5.41, 5.74) is 0. The second-order valence-corrected chi connectivity index (χ2v) is 9.00. The minimum absolute atomic E-state index is 0.0623. The Balaban J connectivity index is 1.75. The predicted octanol–water partition coefficient (Wildman–Crippen LogP) is 2.03. The molecule has 1 aromatic carbocycles. The molecule has 1 aromatic heterocycles. The third-order valence-electron chi connectivity index (χ3n) is 3.93. The van der Waals surface area contributed by atoms with Crippen LogP contribution in [-0.2, 0) is 10.0 Å². The molecule has 3 rings (SSSR count). The van der Waals surface area contributed by atoms with Crippen molar-refractivity contribution in [3.8, 4) is 0 Å². The lowest BCUT2D eigenvalue weighted by Gasteiger charge is -2.31. The number of aromatic nitrogens is 3. The van der Waals surface area contributed by atoms with Gasteiger partial charge in [-0.25, -0.2) is 17.8 Å². The molecule has 2 aromatic rings. The van der Waals surface area contributed by atoms with Crippen molar-refractivity contribution in [1.82, 2.24) is 19.6 Å². The first-order valence-corrected chi connectivity index (χ1v) is 10.3. The minimum Gasteiger partial charge on any atom is -0.336 e. The zero-order valence-electron chi connectivity index (χ0n) is 12.8. The molecule has 0 spiro atoms. The molecule has 130 valence electrons. The Bertz CT molecular complexity index is 794. The number of rotatable bonds is 5. The number of nitrogens with zero attached hydrogens (tertiary/aromatic N) is 3. The van der Waals surface area contributed by atoms with Crippen LogP contribution in [0.3, 0.4) is 0 Å². The highest BCUT2D eigenvalue weighted by molar-refractivity contribution is 7.99. The smallest absolute Gasteiger partial charge is 0.240 e. The number of hydrogen-bond acceptors (Lipinski definition) is 6. The largest absolute Gasteiger partial charge is 0.336 e. The third-order valence-corrected chi connectivity index (χ3v) is 7.06. The minimum atomic E-state index is -3.59. The summed E-state index contributed by atoms with van der Waals surface area (Å²) in [6, 6.07) is 5.97. The molecule has 1 fully saturated rings. The molecule has 1 aliphatic rings. The summed E-state index contributed by atoms with van der Waals surface area (Å²) >= 11 is 7.29. The fourth-order valence-corrected chi connectivity index (χ4v) is 5.42. The first-order chi connectivity index (χ1) is 11.5. The number of nitrogens with one attached hydrogen (secondary N) is 1. The molecule has 1 heterocycles. The van der Waals surface area contributed by atoms with Crippen LogP contribution in [0.2, 0.25) is 5.02 Å². The Hall–Kier alpha value is -1.29. The molecular weight excluding hydrogens is 370 g/mol. The number of benzene rings is 1. The summed E-state index contributed by atoms with van der Waals surface area (Å²) in [6.07, 6.45) is 5.14. The highest BCUT2D eigenvalue weighted by atomic mass is 35.5. The summed E-state index contributed by atoms with van der Waals surface area (Å²) in [4.78, 5) is 0.211. The molecule has 1 aliphatic carbocycles. The number of halogens is 1. The van der Waals surface area contributed by atoms with E-state index >= 15 is 0 Å². The molecule has 0 bridgehead atoms. The summed E-state index contributed by atoms with van der Waals surface area (Å²) in [5, 5.41) is 8.87. The van der Waals surface area contributed by atoms with Gasteiger partial charge in [-0.05, 0) is 37.1 Å². The van der Waals surface area contributed by atoms with Crippen molar-refractivity contribution >= 4 is 33.4 Å². The quantitative estimate of drug-likeness (QED) is 0.761. The summed E-state index contributed by atoms with van der Waals surface area (Å²) in [7, 11) is -3.59. The molecule has 10 heteroatoms. The van der Waals surface area contributed by atoms with E-state index in [0.29, 0.717) is 10.2 Å². The zero-order chi connectivity index (χ0) is 17.2. The topological polar surface area (TPSA) is 103 Å². The van der Waals surface area contributed by atoms with Gasteiger partial charge in [0.2, 0.25) is 15.2 Å². The molecule has 1 saturated carbocycles. The molecule has 0 aliphatic heterocycles. The van der Waals surface area contributed by atoms with Gasteiger partial charge in [0, 0.05) is 16.3 Å². The Kier molecular flexibility index (Phi) is 5.33. The number of nitrogens with two attached hydrogens (primary N) is 1. The summed E-state index contributed by atoms with van der Waals surface area (Å²) < 4.78 is 29.4. The molecular formula is C14H18ClN5O2S2. The van der Waals surface area contributed by atoms with Crippen molar-refractivity contribution in [2.24, 2.45) is 0 Å². The third kappa shape index (κ3) is 4.02. The number of hydrogen-bond donors (Lipinski definition) is 2. The highest BCUT2D eigenvalue weighted by Gasteiger charge is 2.31. The van der Waals surface area contributed by atoms with Crippen LogP contribution in [0.1, 0.15) is 25.7 Å². The van der Waals surface area contributed by atoms with Crippen LogP contribution >= 0.6 is 23.4 Å². The maximum atomic E-state index is 12.6. The normalized spacial score (nSPS) is 21.7. The molecule has 0 amide bonds. The van der Waals surface area contributed by atoms with Crippen LogP contribution < -0.4 is 10.6 Å². The Morgan fingerprint density at radius 1 is 1.25 bits per heavy atom. The van der Waals surface area contributed by atoms with E-state index in [1.54, 1.807) is 12.1 Å². The molecule has 3 N–H and O–H groups in total. The molecule has 24 heavy (non-hydrogen) atoms. The van der Waals surface area contributed by atoms with Gasteiger partial charge in [0.25, 0.3) is 0 Å². The summed E-state index contributed by atoms with van der Waals surface area (Å²) in [6.45, 7) is 0. The second-order valence-electron chi connectivity index (χ2n) is 5.64. The Morgan fingerprint density at radius 2 is 1.96 bits per heavy atom. The van der Waals surface area contributed by atoms with Crippen molar-refractivity contribution in [3.63, 3.8) is 0 Å². The Labute approximate surface area is 150 Å². The standard InChI is InChI=1S/C14H18ClN5O2S2/c15-10-5-7-11(8-6-10)24(21,22)19-12-3-1-2-4-13(12)23-14-18-17-9-20(14)16/h5-9,12-13,19H,1-4,16H2/t12-,13-/m0/s1. The van der Waals surface area contributed by atoms with E-state index < -0.39 is 10.0 Å². The Morgan fingerprint density at radius 3 is 2.62 bits per heavy atom. The fraction of sp³-hybridized carbons (Fsp3) is 0.429. The van der Waals surface area contributed by atoms with E-state index in [4.69, 9.17) is 17.4 Å².